The Labute approximate surface area is 109 Å². The third-order valence-electron chi connectivity index (χ3n) is 2.72. The van der Waals surface area contributed by atoms with Crippen molar-refractivity contribution >= 4 is 5.97 Å². The van der Waals surface area contributed by atoms with Crippen LogP contribution in [-0.2, 0) is 4.79 Å². The molecule has 0 aliphatic heterocycles. The highest BCUT2D eigenvalue weighted by Gasteiger charge is 2.47. The highest BCUT2D eigenvalue weighted by atomic mass is 19.4. The number of ether oxygens (including phenoxy) is 1. The van der Waals surface area contributed by atoms with E-state index in [9.17, 15) is 18.0 Å². The molecule has 1 aromatic carbocycles. The molecular weight excluding hydrogens is 259 g/mol. The van der Waals surface area contributed by atoms with Crippen LogP contribution in [-0.4, -0.2) is 18.2 Å². The largest absolute Gasteiger partial charge is 0.426 e. The smallest absolute Gasteiger partial charge is 0.404 e. The van der Waals surface area contributed by atoms with Gasteiger partial charge < -0.3 is 10.5 Å². The van der Waals surface area contributed by atoms with Crippen LogP contribution in [0.15, 0.2) is 30.3 Å². The fraction of sp³-hybridized carbons (Fsp3) is 0.462. The normalized spacial score (nSPS) is 15.1. The second kappa shape index (κ2) is 6.06. The van der Waals surface area contributed by atoms with Crippen molar-refractivity contribution in [3.63, 3.8) is 0 Å². The maximum Gasteiger partial charge on any atom is 0.404 e. The first-order valence-electron chi connectivity index (χ1n) is 5.82. The lowest BCUT2D eigenvalue weighted by molar-refractivity contribution is -0.175. The Morgan fingerprint density at radius 3 is 2.16 bits per heavy atom. The molecule has 0 radical (unpaired) electrons. The van der Waals surface area contributed by atoms with Gasteiger partial charge in [-0.3, -0.25) is 4.79 Å². The Morgan fingerprint density at radius 1 is 1.21 bits per heavy atom. The zero-order valence-corrected chi connectivity index (χ0v) is 10.6. The molecule has 0 fully saturated rings. The van der Waals surface area contributed by atoms with Crippen LogP contribution in [0.3, 0.4) is 0 Å². The number of halogens is 3. The molecule has 0 unspecified atom stereocenters. The third-order valence-corrected chi connectivity index (χ3v) is 2.72. The van der Waals surface area contributed by atoms with E-state index in [1.54, 1.807) is 18.2 Å². The number of rotatable bonds is 4. The van der Waals surface area contributed by atoms with Gasteiger partial charge in [0.05, 0.1) is 5.92 Å². The van der Waals surface area contributed by atoms with Crippen LogP contribution in [0.5, 0.6) is 5.75 Å². The topological polar surface area (TPSA) is 52.3 Å². The van der Waals surface area contributed by atoms with Gasteiger partial charge in [-0.05, 0) is 18.1 Å². The molecule has 0 amide bonds. The Balaban J connectivity index is 2.86. The van der Waals surface area contributed by atoms with Crippen molar-refractivity contribution < 1.29 is 22.7 Å². The first-order chi connectivity index (χ1) is 8.73. The average molecular weight is 275 g/mol. The lowest BCUT2D eigenvalue weighted by Gasteiger charge is -2.27. The maximum atomic E-state index is 12.6. The second-order valence-electron chi connectivity index (χ2n) is 4.57. The van der Waals surface area contributed by atoms with Crippen LogP contribution in [0.4, 0.5) is 13.2 Å². The highest BCUT2D eigenvalue weighted by molar-refractivity contribution is 5.76. The maximum absolute atomic E-state index is 12.6. The first kappa shape index (κ1) is 15.5. The zero-order valence-electron chi connectivity index (χ0n) is 10.6. The number of nitrogens with two attached hydrogens (primary N) is 1. The van der Waals surface area contributed by atoms with Crippen molar-refractivity contribution in [2.45, 2.75) is 26.1 Å². The predicted octanol–water partition coefficient (Wildman–Crippen LogP) is 2.75. The van der Waals surface area contributed by atoms with E-state index in [2.05, 4.69) is 0 Å². The summed E-state index contributed by atoms with van der Waals surface area (Å²) in [7, 11) is 0. The standard InChI is InChI=1S/C13H16F3NO2/c1-8(2)10(11(17)13(14,15)16)12(18)19-9-6-4-3-5-7-9/h3-8,10-11H,17H2,1-2H3/t10-,11-/m1/s1. The lowest BCUT2D eigenvalue weighted by atomic mass is 9.88. The molecule has 0 aliphatic rings. The summed E-state index contributed by atoms with van der Waals surface area (Å²) in [6.07, 6.45) is -4.63. The molecule has 0 bridgehead atoms. The van der Waals surface area contributed by atoms with Crippen LogP contribution >= 0.6 is 0 Å². The number of para-hydroxylation sites is 1. The van der Waals surface area contributed by atoms with Crippen molar-refractivity contribution in [1.29, 1.82) is 0 Å². The molecular formula is C13H16F3NO2. The summed E-state index contributed by atoms with van der Waals surface area (Å²) in [5.74, 6) is -2.77. The Bertz CT molecular complexity index is 418. The average Bonchev–Trinajstić information content (AvgIpc) is 2.28. The number of hydrogen-bond acceptors (Lipinski definition) is 3. The molecule has 2 N–H and O–H groups in total. The monoisotopic (exact) mass is 275 g/mol. The number of carbonyl (C=O) groups excluding carboxylic acids is 1. The van der Waals surface area contributed by atoms with Crippen molar-refractivity contribution in [1.82, 2.24) is 0 Å². The van der Waals surface area contributed by atoms with Gasteiger partial charge in [-0.15, -0.1) is 0 Å². The molecule has 19 heavy (non-hydrogen) atoms. The van der Waals surface area contributed by atoms with Crippen LogP contribution in [0.25, 0.3) is 0 Å². The van der Waals surface area contributed by atoms with E-state index in [0.717, 1.165) is 0 Å². The molecule has 3 nitrogen and oxygen atoms in total. The van der Waals surface area contributed by atoms with E-state index in [4.69, 9.17) is 10.5 Å². The molecule has 1 rings (SSSR count). The number of hydrogen-bond donors (Lipinski definition) is 1. The molecule has 0 aliphatic carbocycles. The molecule has 0 spiro atoms. The summed E-state index contributed by atoms with van der Waals surface area (Å²) in [4.78, 5) is 11.8. The van der Waals surface area contributed by atoms with Gasteiger partial charge in [0.2, 0.25) is 0 Å². The Morgan fingerprint density at radius 2 is 1.74 bits per heavy atom. The van der Waals surface area contributed by atoms with Gasteiger partial charge in [0.15, 0.2) is 0 Å². The van der Waals surface area contributed by atoms with Crippen LogP contribution in [0.1, 0.15) is 13.8 Å². The van der Waals surface area contributed by atoms with Crippen molar-refractivity contribution in [2.75, 3.05) is 0 Å². The van der Waals surface area contributed by atoms with Crippen molar-refractivity contribution in [3.8, 4) is 5.75 Å². The quantitative estimate of drug-likeness (QED) is 0.679. The summed E-state index contributed by atoms with van der Waals surface area (Å²) in [6.45, 7) is 3.00. The van der Waals surface area contributed by atoms with E-state index >= 15 is 0 Å². The molecule has 0 saturated heterocycles. The molecule has 0 aromatic heterocycles. The summed E-state index contributed by atoms with van der Waals surface area (Å²) in [5.41, 5.74) is 5.12. The summed E-state index contributed by atoms with van der Waals surface area (Å²) < 4.78 is 42.8. The third kappa shape index (κ3) is 4.24. The van der Waals surface area contributed by atoms with E-state index in [1.807, 2.05) is 0 Å². The number of carbonyl (C=O) groups is 1. The zero-order chi connectivity index (χ0) is 14.6. The van der Waals surface area contributed by atoms with Gasteiger partial charge in [-0.25, -0.2) is 0 Å². The summed E-state index contributed by atoms with van der Waals surface area (Å²) >= 11 is 0. The lowest BCUT2D eigenvalue weighted by Crippen LogP contribution is -2.50. The fourth-order valence-corrected chi connectivity index (χ4v) is 1.71. The summed E-state index contributed by atoms with van der Waals surface area (Å²) in [5, 5.41) is 0. The molecule has 106 valence electrons. The van der Waals surface area contributed by atoms with Crippen LogP contribution in [0, 0.1) is 11.8 Å². The van der Waals surface area contributed by atoms with Gasteiger partial charge in [-0.1, -0.05) is 32.0 Å². The minimum absolute atomic E-state index is 0.201. The molecule has 0 heterocycles. The molecule has 1 aromatic rings. The van der Waals surface area contributed by atoms with Crippen molar-refractivity contribution in [2.24, 2.45) is 17.6 Å². The number of benzene rings is 1. The minimum atomic E-state index is -4.63. The first-order valence-corrected chi connectivity index (χ1v) is 5.82. The SMILES string of the molecule is CC(C)[C@@H](C(=O)Oc1ccccc1)[C@@H](N)C(F)(F)F. The fourth-order valence-electron chi connectivity index (χ4n) is 1.71. The predicted molar refractivity (Wildman–Crippen MR) is 64.4 cm³/mol. The van der Waals surface area contributed by atoms with Gasteiger partial charge in [0.1, 0.15) is 11.8 Å². The van der Waals surface area contributed by atoms with E-state index in [-0.39, 0.29) is 5.75 Å². The molecule has 2 atom stereocenters. The van der Waals surface area contributed by atoms with Gasteiger partial charge in [0, 0.05) is 0 Å². The number of alkyl halides is 3. The molecule has 6 heteroatoms. The van der Waals surface area contributed by atoms with Crippen LogP contribution < -0.4 is 10.5 Å². The second-order valence-corrected chi connectivity index (χ2v) is 4.57. The highest BCUT2D eigenvalue weighted by Crippen LogP contribution is 2.29. The van der Waals surface area contributed by atoms with Gasteiger partial charge >= 0.3 is 12.1 Å². The molecule has 0 saturated carbocycles. The minimum Gasteiger partial charge on any atom is -0.426 e. The van der Waals surface area contributed by atoms with Gasteiger partial charge in [0.25, 0.3) is 0 Å². The Kier molecular flexibility index (Phi) is 4.94. The van der Waals surface area contributed by atoms with E-state index in [0.29, 0.717) is 0 Å². The van der Waals surface area contributed by atoms with Gasteiger partial charge in [-0.2, -0.15) is 13.2 Å². The summed E-state index contributed by atoms with van der Waals surface area (Å²) in [6, 6.07) is 5.71. The van der Waals surface area contributed by atoms with Crippen LogP contribution in [0.2, 0.25) is 0 Å². The Hall–Kier alpha value is -1.56. The number of esters is 1. The van der Waals surface area contributed by atoms with E-state index < -0.39 is 30.0 Å². The van der Waals surface area contributed by atoms with Crippen molar-refractivity contribution in [3.05, 3.63) is 30.3 Å². The van der Waals surface area contributed by atoms with E-state index in [1.165, 1.54) is 26.0 Å².